The molecule has 0 saturated carbocycles. The summed E-state index contributed by atoms with van der Waals surface area (Å²) >= 11 is 0. The highest BCUT2D eigenvalue weighted by Gasteiger charge is 2.27. The quantitative estimate of drug-likeness (QED) is 0.132. The van der Waals surface area contributed by atoms with E-state index in [9.17, 15) is 24.0 Å². The van der Waals surface area contributed by atoms with Crippen molar-refractivity contribution < 1.29 is 28.7 Å². The van der Waals surface area contributed by atoms with Crippen molar-refractivity contribution in [2.45, 2.75) is 52.3 Å². The average Bonchev–Trinajstić information content (AvgIpc) is 2.91. The Bertz CT molecular complexity index is 1020. The SMILES string of the molecule is CC(=O)NCCN[C@@H](C(=O)N[C@H](CCCNC(N)=O)C(=O)Nc1ccc(COC(=O)N(C)CCN(C)C)cc1)C(C)C. The molecule has 42 heavy (non-hydrogen) atoms. The highest BCUT2D eigenvalue weighted by Crippen LogP contribution is 2.13. The standard InChI is InChI=1S/C28H48N8O6/c1-19(2)24(31-15-14-30-20(3)37)26(39)34-23(8-7-13-32-27(29)40)25(38)33-22-11-9-21(10-12-22)18-42-28(41)36(6)17-16-35(4)5/h9-12,19,23-24,31H,7-8,13-18H2,1-6H3,(H,30,37)(H,33,38)(H,34,39)(H3,29,32,40)/t23-,24-/m1/s1. The third-order valence-electron chi connectivity index (χ3n) is 6.19. The molecule has 14 nitrogen and oxygen atoms in total. The number of nitrogens with two attached hydrogens (primary N) is 1. The molecule has 7 N–H and O–H groups in total. The molecule has 2 atom stereocenters. The maximum absolute atomic E-state index is 13.2. The lowest BCUT2D eigenvalue weighted by atomic mass is 10.0. The van der Waals surface area contributed by atoms with Gasteiger partial charge in [0.15, 0.2) is 0 Å². The van der Waals surface area contributed by atoms with E-state index in [1.165, 1.54) is 11.8 Å². The van der Waals surface area contributed by atoms with Crippen LogP contribution >= 0.6 is 0 Å². The van der Waals surface area contributed by atoms with Gasteiger partial charge in [0.2, 0.25) is 17.7 Å². The summed E-state index contributed by atoms with van der Waals surface area (Å²) in [6.45, 7) is 7.49. The number of carbonyl (C=O) groups excluding carboxylic acids is 5. The largest absolute Gasteiger partial charge is 0.445 e. The van der Waals surface area contributed by atoms with E-state index in [-0.39, 0.29) is 37.3 Å². The number of rotatable bonds is 18. The second kappa shape index (κ2) is 19.3. The zero-order chi connectivity index (χ0) is 31.7. The Morgan fingerprint density at radius 2 is 1.57 bits per heavy atom. The van der Waals surface area contributed by atoms with Crippen LogP contribution in [0, 0.1) is 5.92 Å². The minimum absolute atomic E-state index is 0.0798. The molecule has 0 aliphatic carbocycles. The molecule has 0 radical (unpaired) electrons. The van der Waals surface area contributed by atoms with Crippen LogP contribution < -0.4 is 32.3 Å². The van der Waals surface area contributed by atoms with Crippen molar-refractivity contribution in [2.24, 2.45) is 11.7 Å². The van der Waals surface area contributed by atoms with Crippen molar-refractivity contribution in [3.63, 3.8) is 0 Å². The molecular weight excluding hydrogens is 544 g/mol. The van der Waals surface area contributed by atoms with Gasteiger partial charge in [-0.2, -0.15) is 0 Å². The van der Waals surface area contributed by atoms with Gasteiger partial charge in [0.05, 0.1) is 6.04 Å². The lowest BCUT2D eigenvalue weighted by Gasteiger charge is -2.25. The summed E-state index contributed by atoms with van der Waals surface area (Å²) in [4.78, 5) is 64.1. The van der Waals surface area contributed by atoms with E-state index in [2.05, 4.69) is 26.6 Å². The van der Waals surface area contributed by atoms with Gasteiger partial charge < -0.3 is 46.9 Å². The number of primary amides is 1. The van der Waals surface area contributed by atoms with Crippen LogP contribution in [-0.2, 0) is 25.7 Å². The highest BCUT2D eigenvalue weighted by atomic mass is 16.6. The Hall–Kier alpha value is -3.91. The first kappa shape index (κ1) is 36.1. The summed E-state index contributed by atoms with van der Waals surface area (Å²) in [7, 11) is 5.53. The molecule has 0 saturated heterocycles. The number of amides is 6. The number of hydrogen-bond acceptors (Lipinski definition) is 8. The second-order valence-electron chi connectivity index (χ2n) is 10.6. The predicted octanol–water partition coefficient (Wildman–Crippen LogP) is 0.439. The fraction of sp³-hybridized carbons (Fsp3) is 0.607. The van der Waals surface area contributed by atoms with Crippen molar-refractivity contribution in [3.8, 4) is 0 Å². The van der Waals surface area contributed by atoms with E-state index in [0.717, 1.165) is 12.1 Å². The third-order valence-corrected chi connectivity index (χ3v) is 6.19. The lowest BCUT2D eigenvalue weighted by molar-refractivity contribution is -0.128. The van der Waals surface area contributed by atoms with Crippen LogP contribution in [-0.4, -0.2) is 106 Å². The summed E-state index contributed by atoms with van der Waals surface area (Å²) in [5.41, 5.74) is 6.37. The minimum Gasteiger partial charge on any atom is -0.445 e. The first-order valence-corrected chi connectivity index (χ1v) is 14.0. The number of nitrogens with zero attached hydrogens (tertiary/aromatic N) is 2. The molecule has 6 amide bonds. The van der Waals surface area contributed by atoms with Crippen molar-refractivity contribution in [2.75, 3.05) is 59.2 Å². The van der Waals surface area contributed by atoms with Crippen molar-refractivity contribution >= 4 is 35.5 Å². The van der Waals surface area contributed by atoms with Crippen molar-refractivity contribution in [3.05, 3.63) is 29.8 Å². The zero-order valence-corrected chi connectivity index (χ0v) is 25.6. The summed E-state index contributed by atoms with van der Waals surface area (Å²) in [6.07, 6.45) is 0.226. The van der Waals surface area contributed by atoms with Crippen LogP contribution in [0.5, 0.6) is 0 Å². The maximum Gasteiger partial charge on any atom is 0.409 e. The Labute approximate surface area is 248 Å². The van der Waals surface area contributed by atoms with E-state index in [1.54, 1.807) is 31.3 Å². The number of benzene rings is 1. The normalized spacial score (nSPS) is 12.3. The van der Waals surface area contributed by atoms with Crippen LogP contribution in [0.4, 0.5) is 15.3 Å². The fourth-order valence-corrected chi connectivity index (χ4v) is 3.76. The van der Waals surface area contributed by atoms with E-state index < -0.39 is 30.1 Å². The van der Waals surface area contributed by atoms with Gasteiger partial charge in [-0.3, -0.25) is 14.4 Å². The van der Waals surface area contributed by atoms with Gasteiger partial charge in [0.25, 0.3) is 0 Å². The first-order valence-electron chi connectivity index (χ1n) is 14.0. The topological polar surface area (TPSA) is 187 Å². The van der Waals surface area contributed by atoms with Gasteiger partial charge in [-0.15, -0.1) is 0 Å². The van der Waals surface area contributed by atoms with Crippen LogP contribution in [0.2, 0.25) is 0 Å². The molecule has 14 heteroatoms. The van der Waals surface area contributed by atoms with Crippen molar-refractivity contribution in [1.29, 1.82) is 0 Å². The van der Waals surface area contributed by atoms with E-state index >= 15 is 0 Å². The summed E-state index contributed by atoms with van der Waals surface area (Å²) in [5, 5.41) is 13.9. The number of nitrogens with one attached hydrogen (secondary N) is 5. The van der Waals surface area contributed by atoms with E-state index in [4.69, 9.17) is 10.5 Å². The van der Waals surface area contributed by atoms with Gasteiger partial charge in [0.1, 0.15) is 12.6 Å². The van der Waals surface area contributed by atoms with E-state index in [1.807, 2.05) is 32.8 Å². The molecule has 0 unspecified atom stereocenters. The number of likely N-dealkylation sites (N-methyl/N-ethyl adjacent to an activating group) is 2. The Kier molecular flexibility index (Phi) is 16.6. The zero-order valence-electron chi connectivity index (χ0n) is 25.6. The monoisotopic (exact) mass is 592 g/mol. The lowest BCUT2D eigenvalue weighted by Crippen LogP contribution is -2.54. The van der Waals surface area contributed by atoms with Gasteiger partial charge in [-0.1, -0.05) is 26.0 Å². The van der Waals surface area contributed by atoms with Gasteiger partial charge in [-0.05, 0) is 50.6 Å². The first-order chi connectivity index (χ1) is 19.8. The molecule has 1 aromatic rings. The summed E-state index contributed by atoms with van der Waals surface area (Å²) in [5.74, 6) is -1.04. The molecule has 1 rings (SSSR count). The van der Waals surface area contributed by atoms with Gasteiger partial charge in [0, 0.05) is 52.4 Å². The number of urea groups is 1. The summed E-state index contributed by atoms with van der Waals surface area (Å²) < 4.78 is 5.35. The Morgan fingerprint density at radius 3 is 2.14 bits per heavy atom. The predicted molar refractivity (Wildman–Crippen MR) is 161 cm³/mol. The summed E-state index contributed by atoms with van der Waals surface area (Å²) in [6, 6.07) is 4.69. The molecule has 0 aromatic heterocycles. The molecule has 236 valence electrons. The molecule has 0 aliphatic rings. The second-order valence-corrected chi connectivity index (χ2v) is 10.6. The molecule has 1 aromatic carbocycles. The molecule has 0 aliphatic heterocycles. The van der Waals surface area contributed by atoms with Crippen molar-refractivity contribution in [1.82, 2.24) is 31.1 Å². The maximum atomic E-state index is 13.2. The van der Waals surface area contributed by atoms with Crippen LogP contribution in [0.15, 0.2) is 24.3 Å². The van der Waals surface area contributed by atoms with Gasteiger partial charge in [-0.25, -0.2) is 9.59 Å². The number of anilines is 1. The smallest absolute Gasteiger partial charge is 0.409 e. The molecule has 0 heterocycles. The highest BCUT2D eigenvalue weighted by molar-refractivity contribution is 5.97. The number of carbonyl (C=O) groups is 5. The number of ether oxygens (including phenoxy) is 1. The Balaban J connectivity index is 2.80. The molecular formula is C28H48N8O6. The minimum atomic E-state index is -0.885. The van der Waals surface area contributed by atoms with E-state index in [0.29, 0.717) is 31.7 Å². The molecule has 0 bridgehead atoms. The molecule has 0 spiro atoms. The fourth-order valence-electron chi connectivity index (χ4n) is 3.76. The van der Waals surface area contributed by atoms with Crippen LogP contribution in [0.25, 0.3) is 0 Å². The third kappa shape index (κ3) is 15.2. The van der Waals surface area contributed by atoms with Crippen LogP contribution in [0.3, 0.4) is 0 Å². The number of hydrogen-bond donors (Lipinski definition) is 6. The molecule has 0 fully saturated rings. The van der Waals surface area contributed by atoms with Gasteiger partial charge >= 0.3 is 12.1 Å². The Morgan fingerprint density at radius 1 is 0.905 bits per heavy atom. The average molecular weight is 593 g/mol. The van der Waals surface area contributed by atoms with Crippen LogP contribution in [0.1, 0.15) is 39.2 Å².